The van der Waals surface area contributed by atoms with Gasteiger partial charge >= 0.3 is 12.4 Å². The minimum absolute atomic E-state index is 0.232. The second kappa shape index (κ2) is 3.86. The van der Waals surface area contributed by atoms with Crippen LogP contribution in [0, 0.1) is 5.82 Å². The van der Waals surface area contributed by atoms with Gasteiger partial charge in [-0.2, -0.15) is 26.3 Å². The molecule has 0 amide bonds. The van der Waals surface area contributed by atoms with Crippen LogP contribution >= 0.6 is 0 Å². The molecule has 0 heterocycles. The lowest BCUT2D eigenvalue weighted by Gasteiger charge is -2.32. The van der Waals surface area contributed by atoms with Gasteiger partial charge in [0.1, 0.15) is 5.82 Å². The first kappa shape index (κ1) is 13.8. The molecule has 0 aromatic heterocycles. The van der Waals surface area contributed by atoms with Crippen LogP contribution in [-0.4, -0.2) is 17.5 Å². The Morgan fingerprint density at radius 2 is 1.24 bits per heavy atom. The number of hydrogen-bond acceptors (Lipinski definition) is 1. The van der Waals surface area contributed by atoms with E-state index in [9.17, 15) is 30.7 Å². The maximum atomic E-state index is 13.0. The summed E-state index contributed by atoms with van der Waals surface area (Å²) in [6.07, 6.45) is -12.2. The van der Waals surface area contributed by atoms with E-state index in [2.05, 4.69) is 0 Å². The zero-order valence-electron chi connectivity index (χ0n) is 7.90. The molecule has 1 aromatic carbocycles. The van der Waals surface area contributed by atoms with Crippen molar-refractivity contribution in [3.63, 3.8) is 0 Å². The predicted octanol–water partition coefficient (Wildman–Crippen LogP) is 3.14. The molecule has 8 heteroatoms. The summed E-state index contributed by atoms with van der Waals surface area (Å²) < 4.78 is 87.0. The summed E-state index contributed by atoms with van der Waals surface area (Å²) in [5.41, 5.74) is -7.09. The number of rotatable bonds is 1. The average Bonchev–Trinajstić information content (AvgIpc) is 2.13. The van der Waals surface area contributed by atoms with E-state index in [1.54, 1.807) is 0 Å². The molecule has 17 heavy (non-hydrogen) atoms. The lowest BCUT2D eigenvalue weighted by molar-refractivity contribution is -0.377. The molecule has 0 saturated carbocycles. The Balaban J connectivity index is 3.53. The Labute approximate surface area is 90.5 Å². The largest absolute Gasteiger partial charge is 0.430 e. The van der Waals surface area contributed by atoms with E-state index >= 15 is 0 Å². The average molecular weight is 262 g/mol. The van der Waals surface area contributed by atoms with Crippen molar-refractivity contribution in [3.05, 3.63) is 35.6 Å². The summed E-state index contributed by atoms with van der Waals surface area (Å²) in [4.78, 5) is 0. The van der Waals surface area contributed by atoms with Crippen LogP contribution in [0.4, 0.5) is 30.7 Å². The molecule has 0 atom stereocenters. The monoisotopic (exact) mass is 262 g/mol. The van der Waals surface area contributed by atoms with E-state index < -0.39 is 29.3 Å². The minimum Gasteiger partial charge on any atom is -0.369 e. The standard InChI is InChI=1S/C9H5F7O/c10-6-4-2-1-3-5(6)7(17,8(11,12)13)9(14,15)16/h1-4,17H. The number of benzene rings is 1. The number of hydrogen-bond donors (Lipinski definition) is 1. The van der Waals surface area contributed by atoms with Crippen molar-refractivity contribution < 1.29 is 35.8 Å². The highest BCUT2D eigenvalue weighted by atomic mass is 19.4. The topological polar surface area (TPSA) is 20.2 Å². The van der Waals surface area contributed by atoms with Crippen molar-refractivity contribution in [1.82, 2.24) is 0 Å². The zero-order chi connectivity index (χ0) is 13.5. The third-order valence-electron chi connectivity index (χ3n) is 2.08. The highest BCUT2D eigenvalue weighted by Crippen LogP contribution is 2.50. The first-order valence-corrected chi connectivity index (χ1v) is 4.12. The Hall–Kier alpha value is -1.31. The summed E-state index contributed by atoms with van der Waals surface area (Å²) in [5.74, 6) is -1.79. The van der Waals surface area contributed by atoms with Crippen molar-refractivity contribution in [3.8, 4) is 0 Å². The molecule has 0 radical (unpaired) electrons. The molecule has 1 N–H and O–H groups in total. The van der Waals surface area contributed by atoms with Crippen LogP contribution in [0.25, 0.3) is 0 Å². The van der Waals surface area contributed by atoms with E-state index in [-0.39, 0.29) is 6.07 Å². The lowest BCUT2D eigenvalue weighted by atomic mass is 9.92. The van der Waals surface area contributed by atoms with Gasteiger partial charge in [-0.1, -0.05) is 18.2 Å². The Morgan fingerprint density at radius 3 is 1.59 bits per heavy atom. The van der Waals surface area contributed by atoms with E-state index in [0.717, 1.165) is 12.1 Å². The van der Waals surface area contributed by atoms with E-state index in [4.69, 9.17) is 5.11 Å². The van der Waals surface area contributed by atoms with E-state index in [0.29, 0.717) is 6.07 Å². The molecule has 1 nitrogen and oxygen atoms in total. The van der Waals surface area contributed by atoms with Crippen LogP contribution < -0.4 is 0 Å². The van der Waals surface area contributed by atoms with Gasteiger partial charge in [-0.3, -0.25) is 0 Å². The van der Waals surface area contributed by atoms with Crippen molar-refractivity contribution in [2.24, 2.45) is 0 Å². The molecule has 0 bridgehead atoms. The molecule has 0 spiro atoms. The molecule has 0 unspecified atom stereocenters. The molecular formula is C9H5F7O. The smallest absolute Gasteiger partial charge is 0.369 e. The fraction of sp³-hybridized carbons (Fsp3) is 0.333. The summed E-state index contributed by atoms with van der Waals surface area (Å²) in [7, 11) is 0. The number of halogens is 7. The Morgan fingerprint density at radius 1 is 0.824 bits per heavy atom. The van der Waals surface area contributed by atoms with Crippen LogP contribution in [-0.2, 0) is 5.60 Å². The first-order chi connectivity index (χ1) is 7.52. The maximum Gasteiger partial charge on any atom is 0.430 e. The van der Waals surface area contributed by atoms with Crippen molar-refractivity contribution in [2.75, 3.05) is 0 Å². The van der Waals surface area contributed by atoms with Gasteiger partial charge in [-0.25, -0.2) is 4.39 Å². The molecule has 1 rings (SSSR count). The molecule has 0 aliphatic rings. The Kier molecular flexibility index (Phi) is 3.13. The normalized spacial score (nSPS) is 13.9. The summed E-state index contributed by atoms with van der Waals surface area (Å²) in [5, 5.41) is 8.85. The number of aliphatic hydroxyl groups is 1. The van der Waals surface area contributed by atoms with Gasteiger partial charge in [0, 0.05) is 5.56 Å². The molecule has 0 fully saturated rings. The Bertz CT molecular complexity index is 393. The fourth-order valence-electron chi connectivity index (χ4n) is 1.22. The maximum absolute atomic E-state index is 13.0. The van der Waals surface area contributed by atoms with Crippen molar-refractivity contribution >= 4 is 0 Å². The van der Waals surface area contributed by atoms with Crippen LogP contribution in [0.3, 0.4) is 0 Å². The van der Waals surface area contributed by atoms with E-state index in [1.165, 1.54) is 0 Å². The summed E-state index contributed by atoms with van der Waals surface area (Å²) in [6, 6.07) is 2.31. The van der Waals surface area contributed by atoms with Crippen LogP contribution in [0.1, 0.15) is 5.56 Å². The highest BCUT2D eigenvalue weighted by Gasteiger charge is 2.72. The van der Waals surface area contributed by atoms with Gasteiger partial charge in [0.15, 0.2) is 0 Å². The van der Waals surface area contributed by atoms with Gasteiger partial charge in [0.25, 0.3) is 5.60 Å². The van der Waals surface area contributed by atoms with Crippen molar-refractivity contribution in [1.29, 1.82) is 0 Å². The van der Waals surface area contributed by atoms with Crippen LogP contribution in [0.2, 0.25) is 0 Å². The minimum atomic E-state index is -6.08. The van der Waals surface area contributed by atoms with Gasteiger partial charge in [0.05, 0.1) is 0 Å². The first-order valence-electron chi connectivity index (χ1n) is 4.12. The quantitative estimate of drug-likeness (QED) is 0.771. The highest BCUT2D eigenvalue weighted by molar-refractivity contribution is 5.28. The lowest BCUT2D eigenvalue weighted by Crippen LogP contribution is -2.54. The molecular weight excluding hydrogens is 257 g/mol. The fourth-order valence-corrected chi connectivity index (χ4v) is 1.22. The summed E-state index contributed by atoms with van der Waals surface area (Å²) in [6.45, 7) is 0. The molecule has 0 aliphatic carbocycles. The van der Waals surface area contributed by atoms with Crippen molar-refractivity contribution in [2.45, 2.75) is 18.0 Å². The third kappa shape index (κ3) is 2.08. The zero-order valence-corrected chi connectivity index (χ0v) is 7.90. The van der Waals surface area contributed by atoms with E-state index in [1.807, 2.05) is 0 Å². The number of alkyl halides is 6. The van der Waals surface area contributed by atoms with Gasteiger partial charge in [0.2, 0.25) is 0 Å². The molecule has 0 aliphatic heterocycles. The second-order valence-corrected chi connectivity index (χ2v) is 3.19. The predicted molar refractivity (Wildman–Crippen MR) is 42.4 cm³/mol. The van der Waals surface area contributed by atoms with Gasteiger partial charge in [-0.15, -0.1) is 0 Å². The van der Waals surface area contributed by atoms with Crippen LogP contribution in [0.5, 0.6) is 0 Å². The summed E-state index contributed by atoms with van der Waals surface area (Å²) >= 11 is 0. The van der Waals surface area contributed by atoms with Crippen LogP contribution in [0.15, 0.2) is 24.3 Å². The second-order valence-electron chi connectivity index (χ2n) is 3.19. The SMILES string of the molecule is OC(c1ccccc1F)(C(F)(F)F)C(F)(F)F. The molecule has 0 saturated heterocycles. The molecule has 1 aromatic rings. The van der Waals surface area contributed by atoms with Gasteiger partial charge < -0.3 is 5.11 Å². The third-order valence-corrected chi connectivity index (χ3v) is 2.08. The van der Waals surface area contributed by atoms with Gasteiger partial charge in [-0.05, 0) is 6.07 Å². The molecule has 96 valence electrons.